The van der Waals surface area contributed by atoms with Crippen LogP contribution in [0.3, 0.4) is 0 Å². The van der Waals surface area contributed by atoms with Gasteiger partial charge in [0.1, 0.15) is 5.82 Å². The van der Waals surface area contributed by atoms with Crippen LogP contribution in [0.25, 0.3) is 10.9 Å². The van der Waals surface area contributed by atoms with Crippen molar-refractivity contribution in [2.45, 2.75) is 19.4 Å². The second-order valence-electron chi connectivity index (χ2n) is 5.89. The van der Waals surface area contributed by atoms with Gasteiger partial charge in [-0.1, -0.05) is 6.07 Å². The zero-order valence-electron chi connectivity index (χ0n) is 12.3. The van der Waals surface area contributed by atoms with Gasteiger partial charge >= 0.3 is 0 Å². The third kappa shape index (κ3) is 3.62. The van der Waals surface area contributed by atoms with Gasteiger partial charge in [0.2, 0.25) is 0 Å². The Bertz CT molecular complexity index is 777. The molecule has 0 saturated carbocycles. The molecule has 2 heterocycles. The van der Waals surface area contributed by atoms with Gasteiger partial charge in [0, 0.05) is 18.1 Å². The van der Waals surface area contributed by atoms with Crippen LogP contribution in [-0.2, 0) is 16.4 Å². The van der Waals surface area contributed by atoms with E-state index in [1.54, 1.807) is 12.3 Å². The van der Waals surface area contributed by atoms with Gasteiger partial charge in [-0.2, -0.15) is 0 Å². The number of hydrogen-bond acceptors (Lipinski definition) is 4. The molecule has 0 radical (unpaired) electrons. The normalized spacial score (nSPS) is 21.0. The fraction of sp³-hybridized carbons (Fsp3) is 0.438. The summed E-state index contributed by atoms with van der Waals surface area (Å²) in [6, 6.07) is 6.58. The Hall–Kier alpha value is -1.53. The molecule has 1 aliphatic heterocycles. The van der Waals surface area contributed by atoms with E-state index in [0.29, 0.717) is 18.8 Å². The lowest BCUT2D eigenvalue weighted by atomic mass is 10.1. The van der Waals surface area contributed by atoms with Gasteiger partial charge < -0.3 is 5.32 Å². The Balaban J connectivity index is 1.67. The number of nitrogens with zero attached hydrogens (tertiary/aromatic N) is 1. The van der Waals surface area contributed by atoms with E-state index in [2.05, 4.69) is 10.3 Å². The quantitative estimate of drug-likeness (QED) is 0.938. The summed E-state index contributed by atoms with van der Waals surface area (Å²) >= 11 is 0. The number of hydrogen-bond donors (Lipinski definition) is 1. The Morgan fingerprint density at radius 2 is 2.23 bits per heavy atom. The lowest BCUT2D eigenvalue weighted by molar-refractivity contribution is 0.453. The minimum Gasteiger partial charge on any atom is -0.312 e. The first-order chi connectivity index (χ1) is 10.5. The van der Waals surface area contributed by atoms with Gasteiger partial charge in [0.15, 0.2) is 9.84 Å². The lowest BCUT2D eigenvalue weighted by Crippen LogP contribution is -2.32. The van der Waals surface area contributed by atoms with E-state index in [4.69, 9.17) is 0 Å². The van der Waals surface area contributed by atoms with E-state index < -0.39 is 9.84 Å². The molecule has 0 bridgehead atoms. The molecule has 1 saturated heterocycles. The minimum absolute atomic E-state index is 0.145. The molecule has 2 aromatic rings. The molecular weight excluding hydrogens is 303 g/mol. The highest BCUT2D eigenvalue weighted by Gasteiger charge is 2.24. The molecule has 1 aromatic heterocycles. The summed E-state index contributed by atoms with van der Waals surface area (Å²) in [5.74, 6) is 0.425. The van der Waals surface area contributed by atoms with Crippen molar-refractivity contribution in [1.29, 1.82) is 0 Å². The molecule has 1 fully saturated rings. The zero-order chi connectivity index (χ0) is 15.6. The van der Waals surface area contributed by atoms with Crippen molar-refractivity contribution in [3.8, 4) is 0 Å². The van der Waals surface area contributed by atoms with Crippen molar-refractivity contribution < 1.29 is 12.8 Å². The number of fused-ring (bicyclic) bond motifs is 1. The van der Waals surface area contributed by atoms with E-state index >= 15 is 0 Å². The van der Waals surface area contributed by atoms with Gasteiger partial charge in [0.05, 0.1) is 17.0 Å². The smallest absolute Gasteiger partial charge is 0.150 e. The van der Waals surface area contributed by atoms with E-state index in [1.165, 1.54) is 12.1 Å². The molecule has 6 heteroatoms. The number of halogens is 1. The summed E-state index contributed by atoms with van der Waals surface area (Å²) in [6.07, 6.45) is 3.35. The highest BCUT2D eigenvalue weighted by Crippen LogP contribution is 2.20. The molecule has 22 heavy (non-hydrogen) atoms. The number of rotatable bonds is 4. The van der Waals surface area contributed by atoms with E-state index in [9.17, 15) is 12.8 Å². The van der Waals surface area contributed by atoms with Gasteiger partial charge in [-0.05, 0) is 49.1 Å². The maximum absolute atomic E-state index is 13.6. The molecule has 1 aliphatic rings. The van der Waals surface area contributed by atoms with Crippen LogP contribution in [0.1, 0.15) is 18.4 Å². The van der Waals surface area contributed by atoms with Gasteiger partial charge in [-0.25, -0.2) is 12.8 Å². The van der Waals surface area contributed by atoms with Crippen LogP contribution in [0.15, 0.2) is 30.5 Å². The topological polar surface area (TPSA) is 59.1 Å². The summed E-state index contributed by atoms with van der Waals surface area (Å²) in [6.45, 7) is 1.12. The first-order valence-corrected chi connectivity index (χ1v) is 9.30. The molecule has 118 valence electrons. The molecule has 0 aliphatic carbocycles. The van der Waals surface area contributed by atoms with Gasteiger partial charge in [-0.3, -0.25) is 4.98 Å². The zero-order valence-corrected chi connectivity index (χ0v) is 13.1. The van der Waals surface area contributed by atoms with Crippen molar-refractivity contribution in [3.63, 3.8) is 0 Å². The maximum Gasteiger partial charge on any atom is 0.150 e. The van der Waals surface area contributed by atoms with E-state index in [0.717, 1.165) is 29.3 Å². The molecule has 0 spiro atoms. The lowest BCUT2D eigenvalue weighted by Gasteiger charge is -2.22. The third-order valence-corrected chi connectivity index (χ3v) is 5.94. The van der Waals surface area contributed by atoms with Crippen LogP contribution >= 0.6 is 0 Å². The first kappa shape index (κ1) is 15.4. The summed E-state index contributed by atoms with van der Waals surface area (Å²) < 4.78 is 36.9. The maximum atomic E-state index is 13.6. The highest BCUT2D eigenvalue weighted by molar-refractivity contribution is 7.91. The van der Waals surface area contributed by atoms with Gasteiger partial charge in [0.25, 0.3) is 0 Å². The van der Waals surface area contributed by atoms with Crippen molar-refractivity contribution in [2.75, 3.05) is 18.1 Å². The fourth-order valence-corrected chi connectivity index (χ4v) is 4.83. The number of nitrogens with one attached hydrogen (secondary N) is 1. The molecule has 3 rings (SSSR count). The van der Waals surface area contributed by atoms with Crippen LogP contribution in [0.5, 0.6) is 0 Å². The first-order valence-electron chi connectivity index (χ1n) is 7.48. The number of aromatic nitrogens is 1. The second kappa shape index (κ2) is 6.30. The Labute approximate surface area is 129 Å². The number of benzene rings is 1. The molecular formula is C16H19FN2O2S. The van der Waals surface area contributed by atoms with Gasteiger partial charge in [-0.15, -0.1) is 0 Å². The molecule has 1 atom stereocenters. The van der Waals surface area contributed by atoms with Crippen molar-refractivity contribution in [2.24, 2.45) is 5.92 Å². The Morgan fingerprint density at radius 3 is 3.05 bits per heavy atom. The van der Waals surface area contributed by atoms with Crippen LogP contribution in [0.2, 0.25) is 0 Å². The molecule has 1 aromatic carbocycles. The predicted molar refractivity (Wildman–Crippen MR) is 84.8 cm³/mol. The monoisotopic (exact) mass is 322 g/mol. The molecule has 1 unspecified atom stereocenters. The average molecular weight is 322 g/mol. The fourth-order valence-electron chi connectivity index (χ4n) is 3.05. The molecule has 0 amide bonds. The molecule has 1 N–H and O–H groups in total. The number of pyridine rings is 1. The minimum atomic E-state index is -2.88. The Morgan fingerprint density at radius 1 is 1.36 bits per heavy atom. The van der Waals surface area contributed by atoms with Crippen molar-refractivity contribution in [1.82, 2.24) is 10.3 Å². The number of sulfone groups is 1. The standard InChI is InChI=1S/C16H19FN2O2S/c17-15-7-13-4-1-5-19-16(13)14(8-15)10-18-9-12-3-2-6-22(20,21)11-12/h1,4-5,7-8,12,18H,2-3,6,9-11H2. The third-order valence-electron chi connectivity index (χ3n) is 4.05. The second-order valence-corrected chi connectivity index (χ2v) is 8.12. The average Bonchev–Trinajstić information content (AvgIpc) is 2.46. The predicted octanol–water partition coefficient (Wildman–Crippen LogP) is 2.29. The molecule has 4 nitrogen and oxygen atoms in total. The van der Waals surface area contributed by atoms with Crippen molar-refractivity contribution in [3.05, 3.63) is 41.8 Å². The van der Waals surface area contributed by atoms with E-state index in [1.807, 2.05) is 6.07 Å². The summed E-state index contributed by atoms with van der Waals surface area (Å²) in [5, 5.41) is 4.03. The van der Waals surface area contributed by atoms with Crippen LogP contribution in [0, 0.1) is 11.7 Å². The highest BCUT2D eigenvalue weighted by atomic mass is 32.2. The summed E-state index contributed by atoms with van der Waals surface area (Å²) in [5.41, 5.74) is 1.59. The SMILES string of the molecule is O=S1(=O)CCCC(CNCc2cc(F)cc3cccnc23)C1. The largest absolute Gasteiger partial charge is 0.312 e. The van der Waals surface area contributed by atoms with Crippen molar-refractivity contribution >= 4 is 20.7 Å². The van der Waals surface area contributed by atoms with Crippen LogP contribution < -0.4 is 5.32 Å². The van der Waals surface area contributed by atoms with Crippen LogP contribution in [-0.4, -0.2) is 31.5 Å². The van der Waals surface area contributed by atoms with Crippen LogP contribution in [0.4, 0.5) is 4.39 Å². The summed E-state index contributed by atoms with van der Waals surface area (Å²) in [4.78, 5) is 4.31. The van der Waals surface area contributed by atoms with E-state index in [-0.39, 0.29) is 17.5 Å². The Kier molecular flexibility index (Phi) is 4.40. The summed E-state index contributed by atoms with van der Waals surface area (Å²) in [7, 11) is -2.88.